The van der Waals surface area contributed by atoms with Crippen LogP contribution in [-0.2, 0) is 20.2 Å². The Balaban J connectivity index is 2.09. The van der Waals surface area contributed by atoms with Gasteiger partial charge in [-0.15, -0.1) is 0 Å². The molecule has 0 bridgehead atoms. The Hall–Kier alpha value is -2.54. The summed E-state index contributed by atoms with van der Waals surface area (Å²) in [6.07, 6.45) is 2.76. The zero-order chi connectivity index (χ0) is 24.4. The third kappa shape index (κ3) is 5.35. The highest BCUT2D eigenvalue weighted by Crippen LogP contribution is 2.36. The van der Waals surface area contributed by atoms with Gasteiger partial charge in [-0.25, -0.2) is 8.42 Å². The molecule has 3 rings (SSSR count). The largest absolute Gasteiger partial charge is 0.495 e. The number of benzene rings is 2. The van der Waals surface area contributed by atoms with Gasteiger partial charge in [0, 0.05) is 12.6 Å². The number of carbonyl (C=O) groups excluding carboxylic acids is 1. The Morgan fingerprint density at radius 1 is 1.09 bits per heavy atom. The van der Waals surface area contributed by atoms with E-state index < -0.39 is 16.1 Å². The fourth-order valence-corrected chi connectivity index (χ4v) is 5.66. The van der Waals surface area contributed by atoms with Crippen LogP contribution in [0.15, 0.2) is 53.4 Å². The van der Waals surface area contributed by atoms with Gasteiger partial charge in [-0.3, -0.25) is 9.10 Å². The summed E-state index contributed by atoms with van der Waals surface area (Å²) in [4.78, 5) is 15.6. The van der Waals surface area contributed by atoms with E-state index in [2.05, 4.69) is 20.8 Å². The average Bonchev–Trinajstić information content (AvgIpc) is 3.62. The molecule has 0 heterocycles. The maximum absolute atomic E-state index is 14.0. The zero-order valence-corrected chi connectivity index (χ0v) is 21.4. The highest BCUT2D eigenvalue weighted by Gasteiger charge is 2.40. The summed E-state index contributed by atoms with van der Waals surface area (Å²) in [5.41, 5.74) is 1.30. The molecule has 0 N–H and O–H groups in total. The fraction of sp³-hybridized carbons (Fsp3) is 0.500. The second-order valence-electron chi connectivity index (χ2n) is 9.69. The van der Waals surface area contributed by atoms with Crippen LogP contribution in [0.4, 0.5) is 5.69 Å². The lowest BCUT2D eigenvalue weighted by Crippen LogP contribution is -2.50. The first-order valence-corrected chi connectivity index (χ1v) is 13.0. The van der Waals surface area contributed by atoms with E-state index in [1.165, 1.54) is 11.4 Å². The number of sulfonamides is 1. The second-order valence-corrected chi connectivity index (χ2v) is 11.5. The molecule has 1 atom stereocenters. The third-order valence-corrected chi connectivity index (χ3v) is 7.94. The molecule has 0 spiro atoms. The van der Waals surface area contributed by atoms with Gasteiger partial charge in [0.1, 0.15) is 11.8 Å². The second kappa shape index (κ2) is 9.75. The molecule has 1 fully saturated rings. The summed E-state index contributed by atoms with van der Waals surface area (Å²) < 4.78 is 34.7. The van der Waals surface area contributed by atoms with Crippen molar-refractivity contribution in [2.45, 2.75) is 76.3 Å². The van der Waals surface area contributed by atoms with Crippen LogP contribution in [0, 0.1) is 0 Å². The Morgan fingerprint density at radius 3 is 2.21 bits per heavy atom. The molecular weight excluding hydrogens is 436 g/mol. The quantitative estimate of drug-likeness (QED) is 0.516. The third-order valence-electron chi connectivity index (χ3n) is 6.04. The molecule has 0 aromatic heterocycles. The van der Waals surface area contributed by atoms with E-state index in [0.717, 1.165) is 24.8 Å². The first-order chi connectivity index (χ1) is 15.5. The molecule has 7 heteroatoms. The molecule has 6 nitrogen and oxygen atoms in total. The average molecular weight is 473 g/mol. The summed E-state index contributed by atoms with van der Waals surface area (Å²) in [6.45, 7) is 10.6. The fourth-order valence-electron chi connectivity index (χ4n) is 4.04. The van der Waals surface area contributed by atoms with Gasteiger partial charge in [-0.2, -0.15) is 0 Å². The molecule has 1 aliphatic rings. The van der Waals surface area contributed by atoms with Crippen molar-refractivity contribution in [2.24, 2.45) is 0 Å². The minimum Gasteiger partial charge on any atom is -0.495 e. The summed E-state index contributed by atoms with van der Waals surface area (Å²) in [5.74, 6) is 0.223. The topological polar surface area (TPSA) is 66.9 Å². The summed E-state index contributed by atoms with van der Waals surface area (Å²) in [5, 5.41) is 0. The molecule has 0 saturated heterocycles. The van der Waals surface area contributed by atoms with Gasteiger partial charge < -0.3 is 9.64 Å². The maximum Gasteiger partial charge on any atom is 0.265 e. The van der Waals surface area contributed by atoms with Gasteiger partial charge in [0.05, 0.1) is 17.7 Å². The van der Waals surface area contributed by atoms with Crippen molar-refractivity contribution in [1.29, 1.82) is 0 Å². The predicted octanol–water partition coefficient (Wildman–Crippen LogP) is 4.98. The summed E-state index contributed by atoms with van der Waals surface area (Å²) >= 11 is 0. The van der Waals surface area contributed by atoms with E-state index in [4.69, 9.17) is 4.74 Å². The van der Waals surface area contributed by atoms with Gasteiger partial charge in [-0.1, -0.05) is 52.0 Å². The lowest BCUT2D eigenvalue weighted by molar-refractivity contribution is -0.132. The lowest BCUT2D eigenvalue weighted by Gasteiger charge is -2.34. The normalized spacial score (nSPS) is 15.1. The van der Waals surface area contributed by atoms with Crippen molar-refractivity contribution in [3.05, 3.63) is 54.1 Å². The Bertz CT molecular complexity index is 1070. The van der Waals surface area contributed by atoms with Gasteiger partial charge in [-0.05, 0) is 61.4 Å². The molecular formula is C26H36N2O4S. The minimum atomic E-state index is -4.04. The monoisotopic (exact) mass is 472 g/mol. The number of methoxy groups -OCH3 is 1. The minimum absolute atomic E-state index is 0.0984. The first kappa shape index (κ1) is 25.1. The van der Waals surface area contributed by atoms with Crippen LogP contribution in [0.1, 0.15) is 59.4 Å². The van der Waals surface area contributed by atoms with Crippen molar-refractivity contribution < 1.29 is 17.9 Å². The first-order valence-electron chi connectivity index (χ1n) is 11.6. The van der Waals surface area contributed by atoms with Crippen LogP contribution >= 0.6 is 0 Å². The van der Waals surface area contributed by atoms with Crippen molar-refractivity contribution >= 4 is 21.6 Å². The summed E-state index contributed by atoms with van der Waals surface area (Å²) in [6, 6.07) is 13.2. The number of nitrogens with zero attached hydrogens (tertiary/aromatic N) is 2. The highest BCUT2D eigenvalue weighted by atomic mass is 32.2. The number of rotatable bonds is 9. The Kier molecular flexibility index (Phi) is 7.42. The Morgan fingerprint density at radius 2 is 1.70 bits per heavy atom. The molecule has 0 radical (unpaired) electrons. The molecule has 180 valence electrons. The van der Waals surface area contributed by atoms with Crippen molar-refractivity contribution in [2.75, 3.05) is 18.0 Å². The van der Waals surface area contributed by atoms with Gasteiger partial charge in [0.25, 0.3) is 10.0 Å². The molecule has 33 heavy (non-hydrogen) atoms. The van der Waals surface area contributed by atoms with E-state index >= 15 is 0 Å². The van der Waals surface area contributed by atoms with Crippen LogP contribution in [-0.4, -0.2) is 45.0 Å². The summed E-state index contributed by atoms with van der Waals surface area (Å²) in [7, 11) is -2.54. The molecule has 0 aliphatic heterocycles. The number of carbonyl (C=O) groups is 1. The van der Waals surface area contributed by atoms with E-state index in [1.807, 2.05) is 24.0 Å². The molecule has 2 aromatic rings. The molecule has 1 amide bonds. The van der Waals surface area contributed by atoms with E-state index in [9.17, 15) is 13.2 Å². The van der Waals surface area contributed by atoms with Crippen LogP contribution in [0.3, 0.4) is 0 Å². The van der Waals surface area contributed by atoms with Crippen molar-refractivity contribution in [3.63, 3.8) is 0 Å². The zero-order valence-electron chi connectivity index (χ0n) is 20.5. The predicted molar refractivity (Wildman–Crippen MR) is 132 cm³/mol. The van der Waals surface area contributed by atoms with Crippen LogP contribution in [0.5, 0.6) is 5.75 Å². The molecule has 1 aliphatic carbocycles. The smallest absolute Gasteiger partial charge is 0.265 e. The maximum atomic E-state index is 14.0. The van der Waals surface area contributed by atoms with Crippen LogP contribution in [0.2, 0.25) is 0 Å². The molecule has 2 aromatic carbocycles. The SMILES string of the molecule is CCCN(C(=O)C(C)N(c1ccccc1OC)S(=O)(=O)c1ccc(C(C)(C)C)cc1)C1CC1. The van der Waals surface area contributed by atoms with Gasteiger partial charge >= 0.3 is 0 Å². The standard InChI is InChI=1S/C26H36N2O4S/c1-7-18-27(21-14-15-21)25(29)19(2)28(23-10-8-9-11-24(23)32-6)33(30,31)22-16-12-20(13-17-22)26(3,4)5/h8-13,16-17,19,21H,7,14-15,18H2,1-6H3. The number of para-hydroxylation sites is 2. The number of ether oxygens (including phenoxy) is 1. The van der Waals surface area contributed by atoms with E-state index in [1.54, 1.807) is 43.3 Å². The van der Waals surface area contributed by atoms with Crippen molar-refractivity contribution in [1.82, 2.24) is 4.90 Å². The van der Waals surface area contributed by atoms with E-state index in [-0.39, 0.29) is 22.3 Å². The van der Waals surface area contributed by atoms with E-state index in [0.29, 0.717) is 18.0 Å². The van der Waals surface area contributed by atoms with Crippen LogP contribution < -0.4 is 9.04 Å². The van der Waals surface area contributed by atoms with Crippen LogP contribution in [0.25, 0.3) is 0 Å². The van der Waals surface area contributed by atoms with Gasteiger partial charge in [0.15, 0.2) is 0 Å². The molecule has 1 saturated carbocycles. The number of hydrogen-bond donors (Lipinski definition) is 0. The lowest BCUT2D eigenvalue weighted by atomic mass is 9.87. The molecule has 1 unspecified atom stereocenters. The highest BCUT2D eigenvalue weighted by molar-refractivity contribution is 7.93. The van der Waals surface area contributed by atoms with Gasteiger partial charge in [0.2, 0.25) is 5.91 Å². The number of amides is 1. The van der Waals surface area contributed by atoms with Crippen molar-refractivity contribution in [3.8, 4) is 5.75 Å². The Labute approximate surface area is 198 Å². The number of hydrogen-bond acceptors (Lipinski definition) is 4. The number of anilines is 1.